The van der Waals surface area contributed by atoms with Crippen molar-refractivity contribution in [2.45, 2.75) is 0 Å². The zero-order valence-corrected chi connectivity index (χ0v) is 5.95. The third-order valence-corrected chi connectivity index (χ3v) is 0.719. The van der Waals surface area contributed by atoms with Crippen LogP contribution in [0.15, 0.2) is 12.5 Å². The molecule has 0 saturated heterocycles. The lowest BCUT2D eigenvalue weighted by molar-refractivity contribution is 0.213. The van der Waals surface area contributed by atoms with Crippen molar-refractivity contribution in [2.24, 2.45) is 11.5 Å². The molecule has 0 saturated carbocycles. The van der Waals surface area contributed by atoms with Crippen LogP contribution in [-0.2, 0) is 9.47 Å². The van der Waals surface area contributed by atoms with Gasteiger partial charge < -0.3 is 20.9 Å². The predicted molar refractivity (Wildman–Crippen MR) is 39.2 cm³/mol. The molecular formula is C6H14N2O2. The molecule has 4 N–H and O–H groups in total. The Labute approximate surface area is 60.8 Å². The molecule has 0 amide bonds. The smallest absolute Gasteiger partial charge is 0.117 e. The molecule has 0 aromatic carbocycles. The van der Waals surface area contributed by atoms with E-state index in [4.69, 9.17) is 20.9 Å². The van der Waals surface area contributed by atoms with E-state index in [1.807, 2.05) is 0 Å². The first kappa shape index (κ1) is 9.26. The summed E-state index contributed by atoms with van der Waals surface area (Å²) in [7, 11) is 0. The van der Waals surface area contributed by atoms with Crippen LogP contribution < -0.4 is 11.5 Å². The highest BCUT2D eigenvalue weighted by atomic mass is 16.5. The molecule has 60 valence electrons. The Hall–Kier alpha value is -0.740. The van der Waals surface area contributed by atoms with E-state index in [0.717, 1.165) is 0 Å². The van der Waals surface area contributed by atoms with Gasteiger partial charge in [0.2, 0.25) is 0 Å². The number of rotatable bonds is 6. The Balaban J connectivity index is 2.89. The Bertz CT molecular complexity index is 75.8. The van der Waals surface area contributed by atoms with Gasteiger partial charge in [-0.3, -0.25) is 0 Å². The van der Waals surface area contributed by atoms with Crippen LogP contribution in [0.5, 0.6) is 0 Å². The van der Waals surface area contributed by atoms with Crippen molar-refractivity contribution >= 4 is 0 Å². The van der Waals surface area contributed by atoms with Crippen molar-refractivity contribution in [1.82, 2.24) is 0 Å². The van der Waals surface area contributed by atoms with Gasteiger partial charge in [0.05, 0.1) is 13.2 Å². The average molecular weight is 146 g/mol. The molecule has 0 fully saturated rings. The van der Waals surface area contributed by atoms with Crippen LogP contribution in [0.4, 0.5) is 0 Å². The van der Waals surface area contributed by atoms with Crippen molar-refractivity contribution in [1.29, 1.82) is 0 Å². The fraction of sp³-hybridized carbons (Fsp3) is 0.667. The lowest BCUT2D eigenvalue weighted by Gasteiger charge is -1.97. The number of hydrogen-bond acceptors (Lipinski definition) is 4. The summed E-state index contributed by atoms with van der Waals surface area (Å²) in [5.41, 5.74) is 10.3. The van der Waals surface area contributed by atoms with Gasteiger partial charge in [-0.1, -0.05) is 0 Å². The van der Waals surface area contributed by atoms with Gasteiger partial charge in [0.25, 0.3) is 0 Å². The molecular weight excluding hydrogens is 132 g/mol. The predicted octanol–water partition coefficient (Wildman–Crippen LogP) is -0.592. The normalized spacial score (nSPS) is 10.2. The van der Waals surface area contributed by atoms with Gasteiger partial charge in [0, 0.05) is 13.1 Å². The Morgan fingerprint density at radius 1 is 0.900 bits per heavy atom. The minimum atomic E-state index is 0.515. The van der Waals surface area contributed by atoms with Gasteiger partial charge in [-0.2, -0.15) is 0 Å². The van der Waals surface area contributed by atoms with E-state index in [0.29, 0.717) is 26.3 Å². The Morgan fingerprint density at radius 2 is 1.30 bits per heavy atom. The average Bonchev–Trinajstić information content (AvgIpc) is 1.97. The monoisotopic (exact) mass is 146 g/mol. The van der Waals surface area contributed by atoms with Gasteiger partial charge in [-0.25, -0.2) is 0 Å². The van der Waals surface area contributed by atoms with Gasteiger partial charge in [-0.05, 0) is 0 Å². The molecule has 0 radical (unpaired) electrons. The van der Waals surface area contributed by atoms with Crippen LogP contribution in [0.1, 0.15) is 0 Å². The molecule has 0 heterocycles. The maximum Gasteiger partial charge on any atom is 0.117 e. The molecule has 0 aliphatic carbocycles. The molecule has 0 unspecified atom stereocenters. The van der Waals surface area contributed by atoms with E-state index in [2.05, 4.69) is 0 Å². The minimum Gasteiger partial charge on any atom is -0.497 e. The fourth-order valence-corrected chi connectivity index (χ4v) is 0.351. The van der Waals surface area contributed by atoms with Crippen molar-refractivity contribution in [3.05, 3.63) is 12.5 Å². The van der Waals surface area contributed by atoms with E-state index in [-0.39, 0.29) is 0 Å². The summed E-state index contributed by atoms with van der Waals surface area (Å²) in [6.07, 6.45) is 2.92. The summed E-state index contributed by atoms with van der Waals surface area (Å²) in [6.45, 7) is 2.06. The summed E-state index contributed by atoms with van der Waals surface area (Å²) < 4.78 is 9.72. The second-order valence-corrected chi connectivity index (χ2v) is 1.59. The molecule has 4 nitrogen and oxygen atoms in total. The quantitative estimate of drug-likeness (QED) is 0.388. The number of hydrogen-bond donors (Lipinski definition) is 2. The first-order chi connectivity index (χ1) is 4.91. The number of nitrogens with two attached hydrogens (primary N) is 2. The zero-order valence-electron chi connectivity index (χ0n) is 5.95. The largest absolute Gasteiger partial charge is 0.497 e. The van der Waals surface area contributed by atoms with Crippen molar-refractivity contribution in [3.63, 3.8) is 0 Å². The van der Waals surface area contributed by atoms with Crippen molar-refractivity contribution in [3.8, 4) is 0 Å². The van der Waals surface area contributed by atoms with E-state index >= 15 is 0 Å². The highest BCUT2D eigenvalue weighted by Gasteiger charge is 1.76. The van der Waals surface area contributed by atoms with E-state index in [1.165, 1.54) is 12.5 Å². The molecule has 0 aliphatic heterocycles. The van der Waals surface area contributed by atoms with Crippen LogP contribution in [0, 0.1) is 0 Å². The molecule has 0 rings (SSSR count). The van der Waals surface area contributed by atoms with Crippen molar-refractivity contribution < 1.29 is 9.47 Å². The Kier molecular flexibility index (Phi) is 7.65. The van der Waals surface area contributed by atoms with Crippen LogP contribution in [-0.4, -0.2) is 26.3 Å². The van der Waals surface area contributed by atoms with Crippen LogP contribution in [0.25, 0.3) is 0 Å². The van der Waals surface area contributed by atoms with E-state index < -0.39 is 0 Å². The molecule has 0 aromatic rings. The topological polar surface area (TPSA) is 70.5 Å². The summed E-state index contributed by atoms with van der Waals surface area (Å²) >= 11 is 0. The first-order valence-corrected chi connectivity index (χ1v) is 3.20. The third-order valence-electron chi connectivity index (χ3n) is 0.719. The maximum atomic E-state index is 5.15. The maximum absolute atomic E-state index is 5.15. The number of ether oxygens (including phenoxy) is 2. The molecule has 0 aliphatic rings. The van der Waals surface area contributed by atoms with Gasteiger partial charge >= 0.3 is 0 Å². The molecule has 0 aromatic heterocycles. The summed E-state index contributed by atoms with van der Waals surface area (Å²) in [5.74, 6) is 0. The molecule has 4 heteroatoms. The minimum absolute atomic E-state index is 0.515. The second-order valence-electron chi connectivity index (χ2n) is 1.59. The second kappa shape index (κ2) is 8.26. The molecule has 0 spiro atoms. The standard InChI is InChI=1S/C6H14N2O2/c7-1-3-9-5-6-10-4-2-8/h5-6H,1-4,7-8H2. The SMILES string of the molecule is NCCOC=COCCN. The van der Waals surface area contributed by atoms with E-state index in [1.54, 1.807) is 0 Å². The van der Waals surface area contributed by atoms with Gasteiger partial charge in [0.15, 0.2) is 0 Å². The Morgan fingerprint density at radius 3 is 1.60 bits per heavy atom. The van der Waals surface area contributed by atoms with E-state index in [9.17, 15) is 0 Å². The van der Waals surface area contributed by atoms with Gasteiger partial charge in [-0.15, -0.1) is 0 Å². The fourth-order valence-electron chi connectivity index (χ4n) is 0.351. The van der Waals surface area contributed by atoms with Crippen LogP contribution in [0.2, 0.25) is 0 Å². The molecule has 0 bridgehead atoms. The molecule has 0 atom stereocenters. The summed E-state index contributed by atoms with van der Waals surface area (Å²) in [4.78, 5) is 0. The van der Waals surface area contributed by atoms with Crippen LogP contribution >= 0.6 is 0 Å². The van der Waals surface area contributed by atoms with Crippen molar-refractivity contribution in [2.75, 3.05) is 26.3 Å². The zero-order chi connectivity index (χ0) is 7.66. The lowest BCUT2D eigenvalue weighted by Crippen LogP contribution is -2.06. The van der Waals surface area contributed by atoms with Gasteiger partial charge in [0.1, 0.15) is 12.5 Å². The highest BCUT2D eigenvalue weighted by molar-refractivity contribution is 4.60. The van der Waals surface area contributed by atoms with Crippen LogP contribution in [0.3, 0.4) is 0 Å². The third kappa shape index (κ3) is 7.26. The first-order valence-electron chi connectivity index (χ1n) is 3.20. The summed E-state index contributed by atoms with van der Waals surface area (Å²) in [6, 6.07) is 0. The molecule has 10 heavy (non-hydrogen) atoms. The lowest BCUT2D eigenvalue weighted by atomic mass is 10.7. The summed E-state index contributed by atoms with van der Waals surface area (Å²) in [5, 5.41) is 0. The highest BCUT2D eigenvalue weighted by Crippen LogP contribution is 1.78.